The lowest BCUT2D eigenvalue weighted by Gasteiger charge is -2.26. The molecular formula is C23H35IN4O4. The van der Waals surface area contributed by atoms with Crippen molar-refractivity contribution in [1.29, 1.82) is 0 Å². The highest BCUT2D eigenvalue weighted by atomic mass is 127. The molecule has 2 aromatic rings. The molecule has 0 amide bonds. The van der Waals surface area contributed by atoms with E-state index in [4.69, 9.17) is 18.6 Å². The molecule has 0 radical (unpaired) electrons. The number of hydrogen-bond donors (Lipinski definition) is 2. The minimum absolute atomic E-state index is 0. The Morgan fingerprint density at radius 3 is 2.41 bits per heavy atom. The van der Waals surface area contributed by atoms with Gasteiger partial charge < -0.3 is 29.3 Å². The van der Waals surface area contributed by atoms with Gasteiger partial charge in [-0.3, -0.25) is 9.89 Å². The van der Waals surface area contributed by atoms with Crippen LogP contribution in [-0.2, 0) is 6.42 Å². The van der Waals surface area contributed by atoms with E-state index in [2.05, 4.69) is 20.5 Å². The second kappa shape index (κ2) is 13.4. The van der Waals surface area contributed by atoms with Gasteiger partial charge in [-0.2, -0.15) is 0 Å². The van der Waals surface area contributed by atoms with Gasteiger partial charge >= 0.3 is 0 Å². The maximum absolute atomic E-state index is 5.70. The van der Waals surface area contributed by atoms with E-state index in [1.165, 1.54) is 12.8 Å². The first-order chi connectivity index (χ1) is 15.2. The Balaban J connectivity index is 0.00000363. The molecule has 2 heterocycles. The molecule has 0 bridgehead atoms. The number of guanidine groups is 1. The third-order valence-electron chi connectivity index (χ3n) is 5.61. The van der Waals surface area contributed by atoms with Gasteiger partial charge in [-0.15, -0.1) is 24.0 Å². The zero-order valence-electron chi connectivity index (χ0n) is 19.3. The van der Waals surface area contributed by atoms with E-state index in [-0.39, 0.29) is 30.0 Å². The Labute approximate surface area is 207 Å². The fourth-order valence-corrected chi connectivity index (χ4v) is 4.03. The van der Waals surface area contributed by atoms with Gasteiger partial charge in [-0.1, -0.05) is 6.07 Å². The number of furan rings is 1. The predicted molar refractivity (Wildman–Crippen MR) is 137 cm³/mol. The highest BCUT2D eigenvalue weighted by Gasteiger charge is 2.25. The average Bonchev–Trinajstić information content (AvgIpc) is 3.52. The number of benzene rings is 1. The van der Waals surface area contributed by atoms with E-state index in [9.17, 15) is 0 Å². The number of methoxy groups -OCH3 is 3. The zero-order chi connectivity index (χ0) is 22.1. The Morgan fingerprint density at radius 2 is 1.81 bits per heavy atom. The normalized spacial score (nSPS) is 15.1. The van der Waals surface area contributed by atoms with Crippen molar-refractivity contribution in [1.82, 2.24) is 15.5 Å². The van der Waals surface area contributed by atoms with Gasteiger partial charge in [-0.05, 0) is 50.6 Å². The van der Waals surface area contributed by atoms with Gasteiger partial charge in [-0.25, -0.2) is 0 Å². The van der Waals surface area contributed by atoms with Crippen LogP contribution in [0, 0.1) is 0 Å². The van der Waals surface area contributed by atoms with Gasteiger partial charge in [0.25, 0.3) is 0 Å². The standard InChI is InChI=1S/C23H34N4O4.HI/c1-24-23(26-16-18(19-8-7-15-31-19)27-13-5-6-14-27)25-12-11-17-9-10-20(28-2)22(30-4)21(17)29-3;/h7-10,15,18H,5-6,11-14,16H2,1-4H3,(H2,24,25,26);1H. The van der Waals surface area contributed by atoms with Crippen molar-refractivity contribution in [2.45, 2.75) is 25.3 Å². The van der Waals surface area contributed by atoms with E-state index in [1.54, 1.807) is 34.6 Å². The topological polar surface area (TPSA) is 80.5 Å². The van der Waals surface area contributed by atoms with Crippen LogP contribution in [0.25, 0.3) is 0 Å². The highest BCUT2D eigenvalue weighted by molar-refractivity contribution is 14.0. The summed E-state index contributed by atoms with van der Waals surface area (Å²) in [5, 5.41) is 6.84. The summed E-state index contributed by atoms with van der Waals surface area (Å²) >= 11 is 0. The van der Waals surface area contributed by atoms with Crippen LogP contribution in [-0.4, -0.2) is 65.4 Å². The first-order valence-electron chi connectivity index (χ1n) is 10.7. The molecule has 1 saturated heterocycles. The molecule has 1 aliphatic heterocycles. The van der Waals surface area contributed by atoms with Crippen LogP contribution >= 0.6 is 24.0 Å². The fraction of sp³-hybridized carbons (Fsp3) is 0.522. The molecule has 0 saturated carbocycles. The summed E-state index contributed by atoms with van der Waals surface area (Å²) in [6.45, 7) is 3.61. The molecule has 1 atom stereocenters. The molecule has 8 nitrogen and oxygen atoms in total. The molecule has 1 unspecified atom stereocenters. The number of ether oxygens (including phenoxy) is 3. The van der Waals surface area contributed by atoms with Crippen molar-refractivity contribution in [2.24, 2.45) is 4.99 Å². The van der Waals surface area contributed by atoms with Gasteiger partial charge in [0.15, 0.2) is 17.5 Å². The molecule has 3 rings (SSSR count). The quantitative estimate of drug-likeness (QED) is 0.263. The maximum atomic E-state index is 5.70. The monoisotopic (exact) mass is 558 g/mol. The summed E-state index contributed by atoms with van der Waals surface area (Å²) in [6.07, 6.45) is 4.95. The van der Waals surface area contributed by atoms with Crippen molar-refractivity contribution >= 4 is 29.9 Å². The Bertz CT molecular complexity index is 839. The van der Waals surface area contributed by atoms with Crippen LogP contribution in [0.3, 0.4) is 0 Å². The second-order valence-corrected chi connectivity index (χ2v) is 7.40. The minimum atomic E-state index is 0. The summed E-state index contributed by atoms with van der Waals surface area (Å²) in [7, 11) is 6.65. The highest BCUT2D eigenvalue weighted by Crippen LogP contribution is 2.39. The number of rotatable bonds is 10. The molecular weight excluding hydrogens is 523 g/mol. The molecule has 1 aliphatic rings. The summed E-state index contributed by atoms with van der Waals surface area (Å²) < 4.78 is 22.1. The minimum Gasteiger partial charge on any atom is -0.493 e. The lowest BCUT2D eigenvalue weighted by Crippen LogP contribution is -2.43. The largest absolute Gasteiger partial charge is 0.493 e. The molecule has 2 N–H and O–H groups in total. The maximum Gasteiger partial charge on any atom is 0.203 e. The molecule has 9 heteroatoms. The first-order valence-corrected chi connectivity index (χ1v) is 10.7. The molecule has 0 spiro atoms. The second-order valence-electron chi connectivity index (χ2n) is 7.40. The predicted octanol–water partition coefficient (Wildman–Crippen LogP) is 3.47. The molecule has 0 aliphatic carbocycles. The van der Waals surface area contributed by atoms with E-state index < -0.39 is 0 Å². The SMILES string of the molecule is CN=C(NCCc1ccc(OC)c(OC)c1OC)NCC(c1ccco1)N1CCCC1.I. The van der Waals surface area contributed by atoms with E-state index in [1.807, 2.05) is 24.3 Å². The fourth-order valence-electron chi connectivity index (χ4n) is 4.03. The third kappa shape index (κ3) is 6.44. The van der Waals surface area contributed by atoms with Crippen molar-refractivity contribution in [3.05, 3.63) is 41.9 Å². The van der Waals surface area contributed by atoms with Gasteiger partial charge in [0.05, 0.1) is 33.6 Å². The van der Waals surface area contributed by atoms with Crippen molar-refractivity contribution in [2.75, 3.05) is 54.6 Å². The molecule has 1 fully saturated rings. The van der Waals surface area contributed by atoms with Crippen molar-refractivity contribution in [3.63, 3.8) is 0 Å². The number of aliphatic imine (C=N–C) groups is 1. The number of hydrogen-bond acceptors (Lipinski definition) is 6. The Kier molecular flexibility index (Phi) is 10.9. The number of nitrogens with one attached hydrogen (secondary N) is 2. The number of halogens is 1. The van der Waals surface area contributed by atoms with Crippen molar-refractivity contribution in [3.8, 4) is 17.2 Å². The van der Waals surface area contributed by atoms with E-state index >= 15 is 0 Å². The molecule has 178 valence electrons. The summed E-state index contributed by atoms with van der Waals surface area (Å²) in [6, 6.07) is 8.08. The number of likely N-dealkylation sites (tertiary alicyclic amines) is 1. The van der Waals surface area contributed by atoms with Crippen LogP contribution < -0.4 is 24.8 Å². The average molecular weight is 558 g/mol. The Morgan fingerprint density at radius 1 is 1.06 bits per heavy atom. The lowest BCUT2D eigenvalue weighted by atomic mass is 10.1. The Hall–Kier alpha value is -2.14. The van der Waals surface area contributed by atoms with Crippen molar-refractivity contribution < 1.29 is 18.6 Å². The number of nitrogens with zero attached hydrogens (tertiary/aromatic N) is 2. The van der Waals surface area contributed by atoms with Gasteiger partial charge in [0.1, 0.15) is 5.76 Å². The summed E-state index contributed by atoms with van der Waals surface area (Å²) in [4.78, 5) is 6.84. The first kappa shape index (κ1) is 26.1. The summed E-state index contributed by atoms with van der Waals surface area (Å²) in [5.41, 5.74) is 1.04. The van der Waals surface area contributed by atoms with E-state index in [0.29, 0.717) is 23.8 Å². The van der Waals surface area contributed by atoms with Crippen LogP contribution in [0.4, 0.5) is 0 Å². The smallest absolute Gasteiger partial charge is 0.203 e. The molecule has 1 aromatic heterocycles. The third-order valence-corrected chi connectivity index (χ3v) is 5.61. The van der Waals surface area contributed by atoms with Crippen LogP contribution in [0.1, 0.15) is 30.2 Å². The lowest BCUT2D eigenvalue weighted by molar-refractivity contribution is 0.215. The van der Waals surface area contributed by atoms with E-state index in [0.717, 1.165) is 43.3 Å². The van der Waals surface area contributed by atoms with Gasteiger partial charge in [0, 0.05) is 25.7 Å². The summed E-state index contributed by atoms with van der Waals surface area (Å²) in [5.74, 6) is 3.70. The molecule has 1 aromatic carbocycles. The zero-order valence-corrected chi connectivity index (χ0v) is 21.7. The molecule has 32 heavy (non-hydrogen) atoms. The van der Waals surface area contributed by atoms with Crippen LogP contribution in [0.5, 0.6) is 17.2 Å². The van der Waals surface area contributed by atoms with Crippen LogP contribution in [0.15, 0.2) is 39.9 Å². The van der Waals surface area contributed by atoms with Crippen LogP contribution in [0.2, 0.25) is 0 Å². The van der Waals surface area contributed by atoms with Gasteiger partial charge in [0.2, 0.25) is 5.75 Å².